The Kier molecular flexibility index (Phi) is 3.84. The van der Waals surface area contributed by atoms with Gasteiger partial charge in [-0.15, -0.1) is 0 Å². The van der Waals surface area contributed by atoms with E-state index in [9.17, 15) is 4.79 Å². The molecule has 0 radical (unpaired) electrons. The molecule has 4 rings (SSSR count). The summed E-state index contributed by atoms with van der Waals surface area (Å²) < 4.78 is 0. The highest BCUT2D eigenvalue weighted by atomic mass is 35.5. The van der Waals surface area contributed by atoms with E-state index < -0.39 is 0 Å². The highest BCUT2D eigenvalue weighted by Gasteiger charge is 2.40. The number of para-hydroxylation sites is 1. The van der Waals surface area contributed by atoms with Gasteiger partial charge in [0.15, 0.2) is 0 Å². The van der Waals surface area contributed by atoms with E-state index in [1.165, 1.54) is 19.3 Å². The Morgan fingerprint density at radius 2 is 2.00 bits per heavy atom. The Morgan fingerprint density at radius 3 is 2.83 bits per heavy atom. The van der Waals surface area contributed by atoms with Crippen molar-refractivity contribution in [2.45, 2.75) is 45.1 Å². The summed E-state index contributed by atoms with van der Waals surface area (Å²) in [5, 5.41) is 1.50. The minimum absolute atomic E-state index is 0.0787. The van der Waals surface area contributed by atoms with Gasteiger partial charge in [0.25, 0.3) is 5.91 Å². The smallest absolute Gasteiger partial charge is 0.272 e. The predicted octanol–water partition coefficient (Wildman–Crippen LogP) is 4.86. The molecule has 0 bridgehead atoms. The van der Waals surface area contributed by atoms with E-state index in [-0.39, 0.29) is 5.91 Å². The van der Waals surface area contributed by atoms with E-state index >= 15 is 0 Å². The van der Waals surface area contributed by atoms with E-state index in [4.69, 9.17) is 11.6 Å². The van der Waals surface area contributed by atoms with Crippen LogP contribution in [0.5, 0.6) is 0 Å². The number of carbonyl (C=O) groups is 1. The van der Waals surface area contributed by atoms with Crippen LogP contribution in [0.25, 0.3) is 10.9 Å². The van der Waals surface area contributed by atoms with Gasteiger partial charge in [-0.1, -0.05) is 49.6 Å². The molecule has 1 amide bonds. The van der Waals surface area contributed by atoms with Crippen LogP contribution in [0.3, 0.4) is 0 Å². The van der Waals surface area contributed by atoms with Crippen LogP contribution in [0.4, 0.5) is 0 Å². The first-order valence-corrected chi connectivity index (χ1v) is 9.12. The first kappa shape index (κ1) is 15.1. The molecule has 1 aliphatic heterocycles. The molecule has 122 valence electrons. The van der Waals surface area contributed by atoms with Gasteiger partial charge < -0.3 is 9.88 Å². The van der Waals surface area contributed by atoms with Crippen LogP contribution in [0.2, 0.25) is 5.02 Å². The lowest BCUT2D eigenvalue weighted by atomic mass is 9.72. The number of rotatable bonds is 1. The van der Waals surface area contributed by atoms with E-state index in [0.717, 1.165) is 36.2 Å². The van der Waals surface area contributed by atoms with Crippen LogP contribution in [-0.2, 0) is 0 Å². The molecule has 1 N–H and O–H groups in total. The SMILES string of the molecule is C[C@@H]1CCN(C(=O)c2[nH]c3ccccc3c2Cl)[C@@H]2CCCC[C@@H]12. The second-order valence-corrected chi connectivity index (χ2v) is 7.52. The highest BCUT2D eigenvalue weighted by molar-refractivity contribution is 6.38. The fourth-order valence-corrected chi connectivity index (χ4v) is 4.86. The first-order valence-electron chi connectivity index (χ1n) is 8.74. The summed E-state index contributed by atoms with van der Waals surface area (Å²) in [5.74, 6) is 1.46. The molecule has 2 aromatic rings. The lowest BCUT2D eigenvalue weighted by Gasteiger charge is -2.47. The van der Waals surface area contributed by atoms with Crippen molar-refractivity contribution < 1.29 is 4.79 Å². The summed E-state index contributed by atoms with van der Waals surface area (Å²) in [6.45, 7) is 3.20. The van der Waals surface area contributed by atoms with Crippen molar-refractivity contribution in [2.24, 2.45) is 11.8 Å². The predicted molar refractivity (Wildman–Crippen MR) is 93.9 cm³/mol. The molecule has 3 atom stereocenters. The number of hydrogen-bond donors (Lipinski definition) is 1. The van der Waals surface area contributed by atoms with Crippen molar-refractivity contribution in [3.8, 4) is 0 Å². The van der Waals surface area contributed by atoms with Gasteiger partial charge in [0, 0.05) is 23.5 Å². The summed E-state index contributed by atoms with van der Waals surface area (Å²) >= 11 is 6.50. The van der Waals surface area contributed by atoms with Gasteiger partial charge >= 0.3 is 0 Å². The standard InChI is InChI=1S/C19H23ClN2O/c1-12-10-11-22(16-9-5-3-6-13(12)16)19(23)18-17(20)14-7-2-4-8-15(14)21-18/h2,4,7-8,12-13,16,21H,3,5-6,9-11H2,1H3/t12-,13+,16-/m1/s1. The average Bonchev–Trinajstić information content (AvgIpc) is 2.92. The molecule has 2 fully saturated rings. The van der Waals surface area contributed by atoms with Gasteiger partial charge in [-0.05, 0) is 37.2 Å². The van der Waals surface area contributed by atoms with Gasteiger partial charge in [0.1, 0.15) is 5.69 Å². The maximum absolute atomic E-state index is 13.2. The van der Waals surface area contributed by atoms with Crippen molar-refractivity contribution >= 4 is 28.4 Å². The molecule has 1 saturated heterocycles. The normalized spacial score (nSPS) is 27.9. The van der Waals surface area contributed by atoms with Gasteiger partial charge in [0.05, 0.1) is 5.02 Å². The minimum Gasteiger partial charge on any atom is -0.349 e. The molecular formula is C19H23ClN2O. The molecule has 2 aliphatic rings. The second kappa shape index (κ2) is 5.86. The number of piperidine rings is 1. The number of benzene rings is 1. The van der Waals surface area contributed by atoms with Gasteiger partial charge in [-0.3, -0.25) is 4.79 Å². The summed E-state index contributed by atoms with van der Waals surface area (Å²) in [6, 6.07) is 8.24. The van der Waals surface area contributed by atoms with Crippen molar-refractivity contribution in [2.75, 3.05) is 6.54 Å². The van der Waals surface area contributed by atoms with Gasteiger partial charge in [0.2, 0.25) is 0 Å². The van der Waals surface area contributed by atoms with Crippen LogP contribution in [0.1, 0.15) is 49.5 Å². The molecule has 1 saturated carbocycles. The second-order valence-electron chi connectivity index (χ2n) is 7.14. The molecule has 4 heteroatoms. The van der Waals surface area contributed by atoms with Crippen LogP contribution in [0.15, 0.2) is 24.3 Å². The summed E-state index contributed by atoms with van der Waals surface area (Å²) in [6.07, 6.45) is 6.04. The number of nitrogens with zero attached hydrogens (tertiary/aromatic N) is 1. The van der Waals surface area contributed by atoms with Gasteiger partial charge in [-0.2, -0.15) is 0 Å². The lowest BCUT2D eigenvalue weighted by molar-refractivity contribution is 0.0214. The third kappa shape index (κ3) is 2.46. The minimum atomic E-state index is 0.0787. The number of fused-ring (bicyclic) bond motifs is 2. The third-order valence-corrected chi connectivity index (χ3v) is 6.25. The van der Waals surface area contributed by atoms with Crippen molar-refractivity contribution in [1.82, 2.24) is 9.88 Å². The first-order chi connectivity index (χ1) is 11.2. The van der Waals surface area contributed by atoms with E-state index in [1.807, 2.05) is 24.3 Å². The Morgan fingerprint density at radius 1 is 1.22 bits per heavy atom. The Bertz CT molecular complexity index is 738. The molecule has 2 heterocycles. The zero-order chi connectivity index (χ0) is 16.0. The summed E-state index contributed by atoms with van der Waals surface area (Å²) in [5.41, 5.74) is 1.50. The number of aromatic amines is 1. The lowest BCUT2D eigenvalue weighted by Crippen LogP contribution is -2.52. The van der Waals surface area contributed by atoms with Gasteiger partial charge in [-0.25, -0.2) is 0 Å². The zero-order valence-corrected chi connectivity index (χ0v) is 14.3. The number of amides is 1. The number of hydrogen-bond acceptors (Lipinski definition) is 1. The largest absolute Gasteiger partial charge is 0.349 e. The van der Waals surface area contributed by atoms with E-state index in [0.29, 0.717) is 22.7 Å². The number of carbonyl (C=O) groups excluding carboxylic acids is 1. The third-order valence-electron chi connectivity index (χ3n) is 5.86. The van der Waals surface area contributed by atoms with Crippen LogP contribution in [-0.4, -0.2) is 28.4 Å². The molecule has 0 spiro atoms. The molecule has 1 aliphatic carbocycles. The summed E-state index contributed by atoms with van der Waals surface area (Å²) in [7, 11) is 0. The zero-order valence-electron chi connectivity index (χ0n) is 13.5. The van der Waals surface area contributed by atoms with Crippen LogP contribution in [0, 0.1) is 11.8 Å². The quantitative estimate of drug-likeness (QED) is 0.796. The number of likely N-dealkylation sites (tertiary alicyclic amines) is 1. The Labute approximate surface area is 142 Å². The maximum atomic E-state index is 13.2. The number of halogens is 1. The highest BCUT2D eigenvalue weighted by Crippen LogP contribution is 2.40. The van der Waals surface area contributed by atoms with Crippen molar-refractivity contribution in [1.29, 1.82) is 0 Å². The molecule has 3 nitrogen and oxygen atoms in total. The van der Waals surface area contributed by atoms with Crippen LogP contribution >= 0.6 is 11.6 Å². The van der Waals surface area contributed by atoms with Crippen molar-refractivity contribution in [3.63, 3.8) is 0 Å². The molecule has 0 unspecified atom stereocenters. The van der Waals surface area contributed by atoms with E-state index in [1.54, 1.807) is 0 Å². The average molecular weight is 331 g/mol. The summed E-state index contributed by atoms with van der Waals surface area (Å²) in [4.78, 5) is 18.5. The number of H-pyrrole nitrogens is 1. The molecule has 23 heavy (non-hydrogen) atoms. The molecule has 1 aromatic carbocycles. The fraction of sp³-hybridized carbons (Fsp3) is 0.526. The van der Waals surface area contributed by atoms with Crippen molar-refractivity contribution in [3.05, 3.63) is 35.0 Å². The topological polar surface area (TPSA) is 36.1 Å². The number of nitrogens with one attached hydrogen (secondary N) is 1. The van der Waals surface area contributed by atoms with Crippen LogP contribution < -0.4 is 0 Å². The Balaban J connectivity index is 1.68. The number of aromatic nitrogens is 1. The fourth-order valence-electron chi connectivity index (χ4n) is 4.56. The Hall–Kier alpha value is -1.48. The molecular weight excluding hydrogens is 308 g/mol. The van der Waals surface area contributed by atoms with E-state index in [2.05, 4.69) is 16.8 Å². The maximum Gasteiger partial charge on any atom is 0.272 e. The monoisotopic (exact) mass is 330 g/mol. The molecule has 1 aromatic heterocycles.